The second-order valence-electron chi connectivity index (χ2n) is 10.1. The second-order valence-corrected chi connectivity index (χ2v) is 10.1. The van der Waals surface area contributed by atoms with E-state index in [4.69, 9.17) is 9.47 Å². The van der Waals surface area contributed by atoms with Crippen LogP contribution in [0.3, 0.4) is 0 Å². The highest BCUT2D eigenvalue weighted by molar-refractivity contribution is 6.00. The van der Waals surface area contributed by atoms with Crippen LogP contribution in [0.25, 0.3) is 12.2 Å². The smallest absolute Gasteiger partial charge is 0.355 e. The lowest BCUT2D eigenvalue weighted by Crippen LogP contribution is -2.44. The molecule has 44 heavy (non-hydrogen) atoms. The van der Waals surface area contributed by atoms with E-state index in [1.807, 2.05) is 60.7 Å². The van der Waals surface area contributed by atoms with E-state index in [2.05, 4.69) is 40.6 Å². The molecule has 1 aromatic heterocycles. The van der Waals surface area contributed by atoms with Crippen molar-refractivity contribution in [2.45, 2.75) is 13.8 Å². The molecule has 0 saturated carbocycles. The summed E-state index contributed by atoms with van der Waals surface area (Å²) >= 11 is 0. The van der Waals surface area contributed by atoms with Gasteiger partial charge < -0.3 is 24.2 Å². The van der Waals surface area contributed by atoms with Gasteiger partial charge in [0.05, 0.1) is 0 Å². The van der Waals surface area contributed by atoms with Crippen molar-refractivity contribution in [3.05, 3.63) is 89.1 Å². The molecule has 0 radical (unpaired) electrons. The Hall–Kier alpha value is -5.45. The fourth-order valence-electron chi connectivity index (χ4n) is 4.65. The molecule has 2 aromatic carbocycles. The normalized spacial score (nSPS) is 13.9. The lowest BCUT2D eigenvalue weighted by molar-refractivity contribution is -0.130. The highest BCUT2D eigenvalue weighted by Gasteiger charge is 2.17. The van der Waals surface area contributed by atoms with Crippen LogP contribution in [0.2, 0.25) is 0 Å². The molecule has 0 amide bonds. The number of likely N-dealkylation sites (N-methyl/N-ethyl adjacent to an activating group) is 1. The minimum Gasteiger partial charge on any atom is -0.422 e. The van der Waals surface area contributed by atoms with Crippen LogP contribution < -0.4 is 19.3 Å². The van der Waals surface area contributed by atoms with Crippen molar-refractivity contribution in [2.75, 3.05) is 56.1 Å². The Labute approximate surface area is 257 Å². The van der Waals surface area contributed by atoms with Crippen LogP contribution in [-0.4, -0.2) is 68.1 Å². The molecule has 1 fully saturated rings. The molecular weight excluding hydrogens is 556 g/mol. The molecule has 0 spiro atoms. The van der Waals surface area contributed by atoms with Crippen molar-refractivity contribution < 1.29 is 19.1 Å². The predicted octanol–water partition coefficient (Wildman–Crippen LogP) is 4.70. The zero-order valence-electron chi connectivity index (χ0n) is 25.1. The molecule has 0 unspecified atom stereocenters. The largest absolute Gasteiger partial charge is 0.422 e. The van der Waals surface area contributed by atoms with Crippen LogP contribution >= 0.6 is 0 Å². The van der Waals surface area contributed by atoms with Gasteiger partial charge in [-0.2, -0.15) is 10.5 Å². The third-order valence-corrected chi connectivity index (χ3v) is 7.20. The van der Waals surface area contributed by atoms with Gasteiger partial charge in [0.15, 0.2) is 0 Å². The number of rotatable bonds is 10. The van der Waals surface area contributed by atoms with Crippen LogP contribution in [0.1, 0.15) is 25.0 Å². The number of nitriles is 2. The van der Waals surface area contributed by atoms with Crippen molar-refractivity contribution in [1.29, 1.82) is 10.5 Å². The van der Waals surface area contributed by atoms with Crippen molar-refractivity contribution in [3.8, 4) is 23.8 Å². The van der Waals surface area contributed by atoms with E-state index in [0.29, 0.717) is 11.1 Å². The summed E-state index contributed by atoms with van der Waals surface area (Å²) in [4.78, 5) is 36.2. The summed E-state index contributed by atoms with van der Waals surface area (Å²) in [5.41, 5.74) is 3.04. The summed E-state index contributed by atoms with van der Waals surface area (Å²) in [6, 6.07) is 21.5. The Kier molecular flexibility index (Phi) is 10.8. The summed E-state index contributed by atoms with van der Waals surface area (Å²) in [7, 11) is 2.10. The maximum Gasteiger partial charge on any atom is 0.355 e. The first kappa shape index (κ1) is 31.5. The molecule has 224 valence electrons. The number of anilines is 2. The Morgan fingerprint density at radius 1 is 0.841 bits per heavy atom. The van der Waals surface area contributed by atoms with Gasteiger partial charge >= 0.3 is 11.9 Å². The van der Waals surface area contributed by atoms with Gasteiger partial charge in [-0.15, -0.1) is 0 Å². The molecule has 1 saturated heterocycles. The number of carbonyl (C=O) groups excluding carboxylic acids is 2. The SMILES string of the molecule is CCN(CC)c1ccc(C=C(C#N)C(=O)Oc2ccnc(OC(=O)C(C#N)=Cc3ccc(N4CCN(C)CC4)cc3)c2)cc1. The fraction of sp³-hybridized carbons (Fsp3) is 0.265. The van der Waals surface area contributed by atoms with E-state index in [9.17, 15) is 20.1 Å². The summed E-state index contributed by atoms with van der Waals surface area (Å²) in [5.74, 6) is -1.92. The molecule has 10 nitrogen and oxygen atoms in total. The number of piperazine rings is 1. The summed E-state index contributed by atoms with van der Waals surface area (Å²) in [5, 5.41) is 19.2. The first-order valence-corrected chi connectivity index (χ1v) is 14.4. The van der Waals surface area contributed by atoms with E-state index in [1.165, 1.54) is 30.5 Å². The maximum absolute atomic E-state index is 12.8. The van der Waals surface area contributed by atoms with Crippen LogP contribution in [0, 0.1) is 22.7 Å². The Balaban J connectivity index is 1.40. The Morgan fingerprint density at radius 3 is 1.93 bits per heavy atom. The lowest BCUT2D eigenvalue weighted by atomic mass is 10.1. The first-order chi connectivity index (χ1) is 21.3. The number of aromatic nitrogens is 1. The lowest BCUT2D eigenvalue weighted by Gasteiger charge is -2.34. The van der Waals surface area contributed by atoms with Crippen LogP contribution in [0.5, 0.6) is 11.6 Å². The molecule has 0 atom stereocenters. The number of ether oxygens (including phenoxy) is 2. The van der Waals surface area contributed by atoms with E-state index < -0.39 is 11.9 Å². The zero-order chi connectivity index (χ0) is 31.5. The minimum atomic E-state index is -0.905. The third-order valence-electron chi connectivity index (χ3n) is 7.20. The highest BCUT2D eigenvalue weighted by Crippen LogP contribution is 2.22. The van der Waals surface area contributed by atoms with Gasteiger partial charge in [0.2, 0.25) is 5.88 Å². The van der Waals surface area contributed by atoms with Crippen LogP contribution in [0.4, 0.5) is 11.4 Å². The molecule has 0 N–H and O–H groups in total. The van der Waals surface area contributed by atoms with Gasteiger partial charge in [0, 0.05) is 62.9 Å². The number of benzene rings is 2. The third kappa shape index (κ3) is 8.31. The average Bonchev–Trinajstić information content (AvgIpc) is 3.04. The molecule has 1 aliphatic heterocycles. The fourth-order valence-corrected chi connectivity index (χ4v) is 4.65. The predicted molar refractivity (Wildman–Crippen MR) is 169 cm³/mol. The number of pyridine rings is 1. The number of esters is 2. The molecular formula is C34H34N6O4. The summed E-state index contributed by atoms with van der Waals surface area (Å²) < 4.78 is 10.6. The van der Waals surface area contributed by atoms with Gasteiger partial charge in [-0.25, -0.2) is 14.6 Å². The van der Waals surface area contributed by atoms with Crippen molar-refractivity contribution in [3.63, 3.8) is 0 Å². The van der Waals surface area contributed by atoms with Gasteiger partial charge in [0.1, 0.15) is 29.0 Å². The quantitative estimate of drug-likeness (QED) is 0.186. The molecule has 3 aromatic rings. The van der Waals surface area contributed by atoms with Crippen LogP contribution in [-0.2, 0) is 9.59 Å². The molecule has 10 heteroatoms. The molecule has 4 rings (SSSR count). The summed E-state index contributed by atoms with van der Waals surface area (Å²) in [6.07, 6.45) is 4.18. The molecule has 0 aliphatic carbocycles. The van der Waals surface area contributed by atoms with Gasteiger partial charge in [0.25, 0.3) is 0 Å². The van der Waals surface area contributed by atoms with Crippen LogP contribution in [0.15, 0.2) is 78.0 Å². The molecule has 0 bridgehead atoms. The number of nitrogens with zero attached hydrogens (tertiary/aromatic N) is 6. The van der Waals surface area contributed by atoms with Crippen molar-refractivity contribution in [2.24, 2.45) is 0 Å². The van der Waals surface area contributed by atoms with E-state index in [1.54, 1.807) is 0 Å². The maximum atomic E-state index is 12.8. The Bertz CT molecular complexity index is 1610. The highest BCUT2D eigenvalue weighted by atomic mass is 16.5. The molecule has 2 heterocycles. The Morgan fingerprint density at radius 2 is 1.39 bits per heavy atom. The van der Waals surface area contributed by atoms with Gasteiger partial charge in [-0.3, -0.25) is 0 Å². The standard InChI is InChI=1S/C34H34N6O4/c1-4-39(5-2)29-10-6-25(7-11-29)20-27(23-35)33(41)43-31-14-15-37-32(22-31)44-34(42)28(24-36)21-26-8-12-30(13-9-26)40-18-16-38(3)17-19-40/h6-15,20-22H,4-5,16-19H2,1-3H3. The van der Waals surface area contributed by atoms with Gasteiger partial charge in [-0.1, -0.05) is 24.3 Å². The van der Waals surface area contributed by atoms with E-state index in [-0.39, 0.29) is 22.8 Å². The first-order valence-electron chi connectivity index (χ1n) is 14.4. The number of carbonyl (C=O) groups is 2. The van der Waals surface area contributed by atoms with Crippen molar-refractivity contribution in [1.82, 2.24) is 9.88 Å². The zero-order valence-corrected chi connectivity index (χ0v) is 25.1. The monoisotopic (exact) mass is 590 g/mol. The van der Waals surface area contributed by atoms with E-state index in [0.717, 1.165) is 50.6 Å². The van der Waals surface area contributed by atoms with Crippen molar-refractivity contribution >= 4 is 35.5 Å². The topological polar surface area (TPSA) is 123 Å². The van der Waals surface area contributed by atoms with E-state index >= 15 is 0 Å². The second kappa shape index (κ2) is 15.1. The number of hydrogen-bond donors (Lipinski definition) is 0. The minimum absolute atomic E-state index is 0.0211. The summed E-state index contributed by atoms with van der Waals surface area (Å²) in [6.45, 7) is 9.71. The number of hydrogen-bond acceptors (Lipinski definition) is 10. The van der Waals surface area contributed by atoms with Gasteiger partial charge in [-0.05, 0) is 74.5 Å². The average molecular weight is 591 g/mol. The molecule has 1 aliphatic rings.